The Labute approximate surface area is 96.6 Å². The molecule has 0 aromatic heterocycles. The molecule has 1 spiro atoms. The maximum Gasteiger partial charge on any atom is 0.0918 e. The third kappa shape index (κ3) is 2.28. The molecular weight excluding hydrogens is 200 g/mol. The number of hydrogen-bond acceptors (Lipinski definition) is 2. The number of benzene rings is 1. The maximum atomic E-state index is 5.93. The van der Waals surface area contributed by atoms with Crippen molar-refractivity contribution >= 4 is 0 Å². The SMILES string of the molecule is c1ccc(COC2CCC3(CC2)CO3)cc1. The fourth-order valence-electron chi connectivity index (χ4n) is 2.46. The summed E-state index contributed by atoms with van der Waals surface area (Å²) in [5, 5.41) is 0. The molecule has 0 radical (unpaired) electrons. The summed E-state index contributed by atoms with van der Waals surface area (Å²) in [6, 6.07) is 10.4. The third-order valence-electron chi connectivity index (χ3n) is 3.72. The minimum Gasteiger partial charge on any atom is -0.374 e. The minimum atomic E-state index is 0.284. The minimum absolute atomic E-state index is 0.284. The smallest absolute Gasteiger partial charge is 0.0918 e. The molecule has 2 nitrogen and oxygen atoms in total. The van der Waals surface area contributed by atoms with Crippen molar-refractivity contribution in [2.24, 2.45) is 0 Å². The van der Waals surface area contributed by atoms with E-state index in [-0.39, 0.29) is 5.60 Å². The molecule has 0 atom stereocenters. The summed E-state index contributed by atoms with van der Waals surface area (Å²) in [6.07, 6.45) is 5.13. The zero-order chi connectivity index (χ0) is 10.8. The van der Waals surface area contributed by atoms with E-state index in [9.17, 15) is 0 Å². The molecule has 1 aromatic carbocycles. The van der Waals surface area contributed by atoms with Crippen LogP contribution in [-0.4, -0.2) is 18.3 Å². The van der Waals surface area contributed by atoms with Gasteiger partial charge in [0, 0.05) is 0 Å². The summed E-state index contributed by atoms with van der Waals surface area (Å²) in [6.45, 7) is 1.73. The molecule has 2 heteroatoms. The molecule has 1 aliphatic carbocycles. The monoisotopic (exact) mass is 218 g/mol. The van der Waals surface area contributed by atoms with E-state index in [2.05, 4.69) is 24.3 Å². The van der Waals surface area contributed by atoms with Crippen LogP contribution in [0.5, 0.6) is 0 Å². The molecule has 0 bridgehead atoms. The van der Waals surface area contributed by atoms with Crippen molar-refractivity contribution in [1.29, 1.82) is 0 Å². The van der Waals surface area contributed by atoms with E-state index in [1.54, 1.807) is 0 Å². The first kappa shape index (κ1) is 10.3. The van der Waals surface area contributed by atoms with E-state index >= 15 is 0 Å². The second kappa shape index (κ2) is 4.19. The number of hydrogen-bond donors (Lipinski definition) is 0. The van der Waals surface area contributed by atoms with E-state index in [1.807, 2.05) is 6.07 Å². The lowest BCUT2D eigenvalue weighted by atomic mass is 9.88. The van der Waals surface area contributed by atoms with Gasteiger partial charge < -0.3 is 9.47 Å². The molecule has 1 aliphatic heterocycles. The van der Waals surface area contributed by atoms with Crippen LogP contribution in [0.2, 0.25) is 0 Å². The Morgan fingerprint density at radius 2 is 1.88 bits per heavy atom. The largest absolute Gasteiger partial charge is 0.374 e. The molecule has 2 fully saturated rings. The van der Waals surface area contributed by atoms with Gasteiger partial charge in [-0.05, 0) is 31.2 Å². The molecule has 1 heterocycles. The highest BCUT2D eigenvalue weighted by Crippen LogP contribution is 2.42. The van der Waals surface area contributed by atoms with Crippen molar-refractivity contribution in [3.63, 3.8) is 0 Å². The molecule has 1 saturated heterocycles. The van der Waals surface area contributed by atoms with Crippen LogP contribution in [0, 0.1) is 0 Å². The van der Waals surface area contributed by atoms with Crippen LogP contribution in [0.4, 0.5) is 0 Å². The van der Waals surface area contributed by atoms with Crippen LogP contribution >= 0.6 is 0 Å². The second-order valence-corrected chi connectivity index (χ2v) is 4.97. The zero-order valence-corrected chi connectivity index (χ0v) is 9.52. The van der Waals surface area contributed by atoms with E-state index in [0.717, 1.165) is 26.1 Å². The van der Waals surface area contributed by atoms with Crippen LogP contribution < -0.4 is 0 Å². The highest BCUT2D eigenvalue weighted by atomic mass is 16.6. The summed E-state index contributed by atoms with van der Waals surface area (Å²) >= 11 is 0. The third-order valence-corrected chi connectivity index (χ3v) is 3.72. The van der Waals surface area contributed by atoms with Crippen LogP contribution in [0.15, 0.2) is 30.3 Å². The fraction of sp³-hybridized carbons (Fsp3) is 0.571. The fourth-order valence-corrected chi connectivity index (χ4v) is 2.46. The highest BCUT2D eigenvalue weighted by Gasteiger charge is 2.46. The van der Waals surface area contributed by atoms with Gasteiger partial charge in [0.25, 0.3) is 0 Å². The number of epoxide rings is 1. The maximum absolute atomic E-state index is 5.93. The van der Waals surface area contributed by atoms with Gasteiger partial charge in [0.05, 0.1) is 24.9 Å². The standard InChI is InChI=1S/C14H18O2/c1-2-4-12(5-3-1)10-15-13-6-8-14(9-7-13)11-16-14/h1-5,13H,6-11H2. The Hall–Kier alpha value is -0.860. The Morgan fingerprint density at radius 3 is 2.50 bits per heavy atom. The Bertz CT molecular complexity index is 333. The molecule has 1 saturated carbocycles. The van der Waals surface area contributed by atoms with Crippen LogP contribution in [0.25, 0.3) is 0 Å². The van der Waals surface area contributed by atoms with Crippen LogP contribution in [-0.2, 0) is 16.1 Å². The van der Waals surface area contributed by atoms with E-state index < -0.39 is 0 Å². The average Bonchev–Trinajstić information content (AvgIpc) is 3.10. The number of ether oxygens (including phenoxy) is 2. The van der Waals surface area contributed by atoms with Gasteiger partial charge in [-0.3, -0.25) is 0 Å². The summed E-state index contributed by atoms with van der Waals surface area (Å²) < 4.78 is 11.4. The lowest BCUT2D eigenvalue weighted by molar-refractivity contribution is 0.00194. The Kier molecular flexibility index (Phi) is 2.70. The van der Waals surface area contributed by atoms with Gasteiger partial charge >= 0.3 is 0 Å². The predicted octanol–water partition coefficient (Wildman–Crippen LogP) is 2.91. The van der Waals surface area contributed by atoms with Crippen LogP contribution in [0.1, 0.15) is 31.2 Å². The highest BCUT2D eigenvalue weighted by molar-refractivity contribution is 5.13. The topological polar surface area (TPSA) is 21.8 Å². The van der Waals surface area contributed by atoms with Gasteiger partial charge in [0.15, 0.2) is 0 Å². The number of rotatable bonds is 3. The van der Waals surface area contributed by atoms with Crippen molar-refractivity contribution in [2.45, 2.75) is 44.0 Å². The first-order valence-electron chi connectivity index (χ1n) is 6.16. The Morgan fingerprint density at radius 1 is 1.19 bits per heavy atom. The van der Waals surface area contributed by atoms with Crippen LogP contribution in [0.3, 0.4) is 0 Å². The Balaban J connectivity index is 1.46. The summed E-state index contributed by atoms with van der Waals surface area (Å²) in [4.78, 5) is 0. The van der Waals surface area contributed by atoms with Gasteiger partial charge in [-0.15, -0.1) is 0 Å². The van der Waals surface area contributed by atoms with E-state index in [1.165, 1.54) is 18.4 Å². The zero-order valence-electron chi connectivity index (χ0n) is 9.52. The van der Waals surface area contributed by atoms with E-state index in [0.29, 0.717) is 6.10 Å². The molecule has 16 heavy (non-hydrogen) atoms. The molecule has 3 rings (SSSR count). The first-order chi connectivity index (χ1) is 7.86. The molecule has 0 unspecified atom stereocenters. The normalized spacial score (nSPS) is 32.9. The second-order valence-electron chi connectivity index (χ2n) is 4.97. The first-order valence-corrected chi connectivity index (χ1v) is 6.16. The van der Waals surface area contributed by atoms with Gasteiger partial charge in [-0.25, -0.2) is 0 Å². The van der Waals surface area contributed by atoms with Crippen molar-refractivity contribution in [3.05, 3.63) is 35.9 Å². The predicted molar refractivity (Wildman–Crippen MR) is 62.2 cm³/mol. The molecule has 0 amide bonds. The van der Waals surface area contributed by atoms with Crippen molar-refractivity contribution in [3.8, 4) is 0 Å². The van der Waals surface area contributed by atoms with Gasteiger partial charge in [0.1, 0.15) is 0 Å². The summed E-state index contributed by atoms with van der Waals surface area (Å²) in [7, 11) is 0. The molecule has 86 valence electrons. The van der Waals surface area contributed by atoms with Crippen molar-refractivity contribution in [2.75, 3.05) is 6.61 Å². The lowest BCUT2D eigenvalue weighted by Crippen LogP contribution is -2.26. The molecule has 1 aromatic rings. The van der Waals surface area contributed by atoms with Gasteiger partial charge in [0.2, 0.25) is 0 Å². The van der Waals surface area contributed by atoms with Crippen molar-refractivity contribution < 1.29 is 9.47 Å². The molecule has 0 N–H and O–H groups in total. The molecular formula is C14H18O2. The van der Waals surface area contributed by atoms with Gasteiger partial charge in [-0.1, -0.05) is 30.3 Å². The molecule has 2 aliphatic rings. The lowest BCUT2D eigenvalue weighted by Gasteiger charge is -2.26. The van der Waals surface area contributed by atoms with E-state index in [4.69, 9.17) is 9.47 Å². The van der Waals surface area contributed by atoms with Gasteiger partial charge in [-0.2, -0.15) is 0 Å². The summed E-state index contributed by atoms with van der Waals surface area (Å²) in [5.41, 5.74) is 1.55. The summed E-state index contributed by atoms with van der Waals surface area (Å²) in [5.74, 6) is 0. The quantitative estimate of drug-likeness (QED) is 0.728. The average molecular weight is 218 g/mol. The van der Waals surface area contributed by atoms with Crippen molar-refractivity contribution in [1.82, 2.24) is 0 Å².